The highest BCUT2D eigenvalue weighted by atomic mass is 35.5. The van der Waals surface area contributed by atoms with Gasteiger partial charge in [-0.25, -0.2) is 0 Å². The van der Waals surface area contributed by atoms with Gasteiger partial charge in [0, 0.05) is 5.92 Å². The fraction of sp³-hybridized carbons (Fsp3) is 0.571. The third-order valence-corrected chi connectivity index (χ3v) is 3.72. The van der Waals surface area contributed by atoms with Gasteiger partial charge in [-0.15, -0.1) is 0 Å². The van der Waals surface area contributed by atoms with Crippen LogP contribution in [0.25, 0.3) is 0 Å². The number of thiol groups is 1. The lowest BCUT2D eigenvalue weighted by atomic mass is 9.82. The highest BCUT2D eigenvalue weighted by Crippen LogP contribution is 2.30. The molecule has 0 aliphatic heterocycles. The van der Waals surface area contributed by atoms with E-state index in [0.29, 0.717) is 17.5 Å². The van der Waals surface area contributed by atoms with E-state index >= 15 is 0 Å². The molecule has 1 atom stereocenters. The lowest BCUT2D eigenvalue weighted by Crippen LogP contribution is -2.28. The standard InChI is InChI=1S/C14H21ClOS/c1-10-5-6-12(15)13(7-10)16-8-11(9-17)14(2,3)4/h5-7,11,17H,8-9H2,1-4H3. The van der Waals surface area contributed by atoms with E-state index in [1.807, 2.05) is 25.1 Å². The van der Waals surface area contributed by atoms with Crippen LogP contribution in [0.15, 0.2) is 18.2 Å². The summed E-state index contributed by atoms with van der Waals surface area (Å²) >= 11 is 10.5. The first-order valence-corrected chi connectivity index (χ1v) is 6.85. The maximum atomic E-state index is 6.09. The summed E-state index contributed by atoms with van der Waals surface area (Å²) in [7, 11) is 0. The topological polar surface area (TPSA) is 9.23 Å². The largest absolute Gasteiger partial charge is 0.492 e. The van der Waals surface area contributed by atoms with E-state index in [-0.39, 0.29) is 5.41 Å². The van der Waals surface area contributed by atoms with E-state index in [4.69, 9.17) is 16.3 Å². The summed E-state index contributed by atoms with van der Waals surface area (Å²) in [6.07, 6.45) is 0. The third-order valence-electron chi connectivity index (χ3n) is 2.97. The summed E-state index contributed by atoms with van der Waals surface area (Å²) in [5, 5.41) is 0.669. The summed E-state index contributed by atoms with van der Waals surface area (Å²) in [5.74, 6) is 1.98. The van der Waals surface area contributed by atoms with Crippen molar-refractivity contribution in [3.05, 3.63) is 28.8 Å². The van der Waals surface area contributed by atoms with Crippen molar-refractivity contribution >= 4 is 24.2 Å². The predicted octanol–water partition coefficient (Wildman–Crippen LogP) is 4.62. The van der Waals surface area contributed by atoms with Gasteiger partial charge in [-0.05, 0) is 35.8 Å². The van der Waals surface area contributed by atoms with Gasteiger partial charge in [-0.3, -0.25) is 0 Å². The minimum absolute atomic E-state index is 0.193. The van der Waals surface area contributed by atoms with Gasteiger partial charge in [-0.2, -0.15) is 12.6 Å². The molecule has 1 aromatic carbocycles. The molecule has 96 valence electrons. The minimum atomic E-state index is 0.193. The number of ether oxygens (including phenoxy) is 1. The van der Waals surface area contributed by atoms with Gasteiger partial charge in [0.15, 0.2) is 0 Å². The van der Waals surface area contributed by atoms with Crippen LogP contribution in [0.2, 0.25) is 5.02 Å². The zero-order valence-electron chi connectivity index (χ0n) is 11.0. The summed E-state index contributed by atoms with van der Waals surface area (Å²) < 4.78 is 5.82. The molecule has 0 spiro atoms. The van der Waals surface area contributed by atoms with Crippen molar-refractivity contribution in [3.8, 4) is 5.75 Å². The van der Waals surface area contributed by atoms with Crippen LogP contribution >= 0.6 is 24.2 Å². The van der Waals surface area contributed by atoms with Crippen molar-refractivity contribution in [3.63, 3.8) is 0 Å². The molecular formula is C14H21ClOS. The number of aryl methyl sites for hydroxylation is 1. The molecular weight excluding hydrogens is 252 g/mol. The first-order chi connectivity index (χ1) is 7.84. The number of hydrogen-bond acceptors (Lipinski definition) is 2. The first kappa shape index (κ1) is 14.7. The van der Waals surface area contributed by atoms with Gasteiger partial charge in [0.1, 0.15) is 5.75 Å². The van der Waals surface area contributed by atoms with Crippen LogP contribution in [-0.4, -0.2) is 12.4 Å². The Morgan fingerprint density at radius 3 is 2.53 bits per heavy atom. The summed E-state index contributed by atoms with van der Waals surface area (Å²) in [5.41, 5.74) is 1.35. The molecule has 17 heavy (non-hydrogen) atoms. The van der Waals surface area contributed by atoms with E-state index in [0.717, 1.165) is 17.1 Å². The second-order valence-corrected chi connectivity index (χ2v) is 6.26. The summed E-state index contributed by atoms with van der Waals surface area (Å²) in [4.78, 5) is 0. The van der Waals surface area contributed by atoms with Gasteiger partial charge < -0.3 is 4.74 Å². The number of benzene rings is 1. The van der Waals surface area contributed by atoms with Crippen LogP contribution < -0.4 is 4.74 Å². The molecule has 0 aromatic heterocycles. The zero-order chi connectivity index (χ0) is 13.1. The molecule has 1 nitrogen and oxygen atoms in total. The van der Waals surface area contributed by atoms with E-state index < -0.39 is 0 Å². The molecule has 3 heteroatoms. The van der Waals surface area contributed by atoms with Crippen molar-refractivity contribution in [2.24, 2.45) is 11.3 Å². The van der Waals surface area contributed by atoms with E-state index in [2.05, 4.69) is 33.4 Å². The van der Waals surface area contributed by atoms with Crippen molar-refractivity contribution < 1.29 is 4.74 Å². The lowest BCUT2D eigenvalue weighted by Gasteiger charge is -2.29. The average Bonchev–Trinajstić information content (AvgIpc) is 2.22. The van der Waals surface area contributed by atoms with Gasteiger partial charge in [0.25, 0.3) is 0 Å². The molecule has 0 bridgehead atoms. The van der Waals surface area contributed by atoms with Crippen LogP contribution in [0, 0.1) is 18.3 Å². The number of hydrogen-bond donors (Lipinski definition) is 1. The molecule has 0 amide bonds. The third kappa shape index (κ3) is 4.44. The molecule has 0 radical (unpaired) electrons. The lowest BCUT2D eigenvalue weighted by molar-refractivity contribution is 0.165. The maximum Gasteiger partial charge on any atom is 0.138 e. The van der Waals surface area contributed by atoms with E-state index in [1.54, 1.807) is 0 Å². The SMILES string of the molecule is Cc1ccc(Cl)c(OCC(CS)C(C)(C)C)c1. The second-order valence-electron chi connectivity index (χ2n) is 5.49. The van der Waals surface area contributed by atoms with E-state index in [1.165, 1.54) is 0 Å². The van der Waals surface area contributed by atoms with Crippen LogP contribution in [-0.2, 0) is 0 Å². The van der Waals surface area contributed by atoms with Crippen LogP contribution in [0.3, 0.4) is 0 Å². The predicted molar refractivity (Wildman–Crippen MR) is 78.5 cm³/mol. The molecule has 1 rings (SSSR count). The van der Waals surface area contributed by atoms with Gasteiger partial charge >= 0.3 is 0 Å². The Labute approximate surface area is 115 Å². The first-order valence-electron chi connectivity index (χ1n) is 5.84. The smallest absolute Gasteiger partial charge is 0.138 e. The van der Waals surface area contributed by atoms with Crippen molar-refractivity contribution in [2.75, 3.05) is 12.4 Å². The van der Waals surface area contributed by atoms with Crippen LogP contribution in [0.5, 0.6) is 5.75 Å². The molecule has 0 saturated heterocycles. The highest BCUT2D eigenvalue weighted by molar-refractivity contribution is 7.80. The Hall–Kier alpha value is -0.340. The Bertz CT molecular complexity index is 371. The van der Waals surface area contributed by atoms with Crippen molar-refractivity contribution in [2.45, 2.75) is 27.7 Å². The fourth-order valence-electron chi connectivity index (χ4n) is 1.49. The Morgan fingerprint density at radius 2 is 2.00 bits per heavy atom. The molecule has 0 saturated carbocycles. The molecule has 1 unspecified atom stereocenters. The Balaban J connectivity index is 2.69. The maximum absolute atomic E-state index is 6.09. The monoisotopic (exact) mass is 272 g/mol. The summed E-state index contributed by atoms with van der Waals surface area (Å²) in [6, 6.07) is 5.83. The van der Waals surface area contributed by atoms with Crippen LogP contribution in [0.4, 0.5) is 0 Å². The molecule has 1 aromatic rings. The molecule has 0 heterocycles. The zero-order valence-corrected chi connectivity index (χ0v) is 12.6. The van der Waals surface area contributed by atoms with E-state index in [9.17, 15) is 0 Å². The minimum Gasteiger partial charge on any atom is -0.492 e. The second kappa shape index (κ2) is 6.01. The molecule has 0 N–H and O–H groups in total. The van der Waals surface area contributed by atoms with Gasteiger partial charge in [0.2, 0.25) is 0 Å². The molecule has 0 aliphatic rings. The summed E-state index contributed by atoms with van der Waals surface area (Å²) in [6.45, 7) is 9.29. The quantitative estimate of drug-likeness (QED) is 0.787. The average molecular weight is 273 g/mol. The van der Waals surface area contributed by atoms with Gasteiger partial charge in [0.05, 0.1) is 11.6 Å². The van der Waals surface area contributed by atoms with Crippen LogP contribution in [0.1, 0.15) is 26.3 Å². The molecule has 0 aliphatic carbocycles. The van der Waals surface area contributed by atoms with Crippen molar-refractivity contribution in [1.29, 1.82) is 0 Å². The normalized spacial score (nSPS) is 13.5. The Kier molecular flexibility index (Phi) is 5.21. The number of rotatable bonds is 4. The molecule has 0 fully saturated rings. The highest BCUT2D eigenvalue weighted by Gasteiger charge is 2.24. The van der Waals surface area contributed by atoms with Gasteiger partial charge in [-0.1, -0.05) is 38.4 Å². The fourth-order valence-corrected chi connectivity index (χ4v) is 2.31. The number of halogens is 1. The Morgan fingerprint density at radius 1 is 1.35 bits per heavy atom. The van der Waals surface area contributed by atoms with Crippen molar-refractivity contribution in [1.82, 2.24) is 0 Å².